The summed E-state index contributed by atoms with van der Waals surface area (Å²) in [4.78, 5) is 24.9. The minimum absolute atomic E-state index is 0.190. The van der Waals surface area contributed by atoms with Gasteiger partial charge in [0, 0.05) is 26.6 Å². The lowest BCUT2D eigenvalue weighted by atomic mass is 10.0. The van der Waals surface area contributed by atoms with E-state index in [0.29, 0.717) is 17.1 Å². The summed E-state index contributed by atoms with van der Waals surface area (Å²) in [6, 6.07) is 13.0. The van der Waals surface area contributed by atoms with E-state index in [1.54, 1.807) is 29.5 Å². The molecule has 0 fully saturated rings. The third kappa shape index (κ3) is 6.57. The van der Waals surface area contributed by atoms with Crippen LogP contribution in [0.2, 0.25) is 0 Å². The molecule has 34 heavy (non-hydrogen) atoms. The number of fused-ring (bicyclic) bond motifs is 1. The van der Waals surface area contributed by atoms with E-state index in [9.17, 15) is 9.59 Å². The first kappa shape index (κ1) is 25.2. The van der Waals surface area contributed by atoms with Crippen molar-refractivity contribution in [3.05, 3.63) is 59.0 Å². The average molecular weight is 482 g/mol. The number of carbonyl (C=O) groups is 2. The lowest BCUT2D eigenvalue weighted by molar-refractivity contribution is -0.120. The topological polar surface area (TPSA) is 89.0 Å². The summed E-state index contributed by atoms with van der Waals surface area (Å²) in [6.45, 7) is 1.99. The van der Waals surface area contributed by atoms with Gasteiger partial charge in [-0.05, 0) is 37.1 Å². The zero-order valence-corrected chi connectivity index (χ0v) is 20.7. The number of nitrogens with one attached hydrogen (secondary N) is 2. The lowest BCUT2D eigenvalue weighted by Crippen LogP contribution is -2.35. The molecule has 0 spiro atoms. The number of thiophene rings is 1. The molecule has 3 rings (SSSR count). The largest absolute Gasteiger partial charge is 0.493 e. The molecule has 2 amide bonds. The first-order valence-electron chi connectivity index (χ1n) is 11.4. The van der Waals surface area contributed by atoms with E-state index in [1.807, 2.05) is 12.1 Å². The van der Waals surface area contributed by atoms with Gasteiger partial charge >= 0.3 is 0 Å². The average Bonchev–Trinajstić information content (AvgIpc) is 3.30. The van der Waals surface area contributed by atoms with Gasteiger partial charge in [-0.3, -0.25) is 9.59 Å². The highest BCUT2D eigenvalue weighted by Crippen LogP contribution is 2.28. The minimum Gasteiger partial charge on any atom is -0.493 e. The Morgan fingerprint density at radius 2 is 1.79 bits per heavy atom. The maximum absolute atomic E-state index is 12.5. The third-order valence-electron chi connectivity index (χ3n) is 5.43. The van der Waals surface area contributed by atoms with E-state index in [2.05, 4.69) is 40.3 Å². The van der Waals surface area contributed by atoms with Gasteiger partial charge in [0.25, 0.3) is 11.8 Å². The number of nitrogens with zero attached hydrogens (tertiary/aromatic N) is 1. The summed E-state index contributed by atoms with van der Waals surface area (Å²) in [5.41, 5.74) is 4.89. The molecule has 7 nitrogen and oxygen atoms in total. The molecule has 1 heterocycles. The molecule has 8 heteroatoms. The Kier molecular flexibility index (Phi) is 9.46. The van der Waals surface area contributed by atoms with Gasteiger partial charge in [0.2, 0.25) is 0 Å². The van der Waals surface area contributed by atoms with Crippen LogP contribution in [-0.2, 0) is 4.79 Å². The van der Waals surface area contributed by atoms with Crippen molar-refractivity contribution >= 4 is 38.9 Å². The summed E-state index contributed by atoms with van der Waals surface area (Å²) in [5, 5.41) is 10.3. The Bertz CT molecular complexity index is 1160. The molecule has 180 valence electrons. The molecule has 3 aromatic rings. The van der Waals surface area contributed by atoms with Crippen LogP contribution in [0.25, 0.3) is 10.1 Å². The van der Waals surface area contributed by atoms with Crippen LogP contribution in [-0.4, -0.2) is 38.3 Å². The highest BCUT2D eigenvalue weighted by molar-refractivity contribution is 7.17. The predicted molar refractivity (Wildman–Crippen MR) is 137 cm³/mol. The zero-order chi connectivity index (χ0) is 24.3. The van der Waals surface area contributed by atoms with Crippen LogP contribution in [0.5, 0.6) is 11.5 Å². The van der Waals surface area contributed by atoms with Gasteiger partial charge in [-0.1, -0.05) is 44.4 Å². The molecule has 0 unspecified atom stereocenters. The molecule has 0 radical (unpaired) electrons. The molecule has 0 saturated heterocycles. The van der Waals surface area contributed by atoms with Gasteiger partial charge in [0.15, 0.2) is 11.5 Å². The van der Waals surface area contributed by atoms with E-state index in [1.165, 1.54) is 25.3 Å². The number of hydrogen-bond acceptors (Lipinski definition) is 6. The second kappa shape index (κ2) is 12.7. The third-order valence-corrected chi connectivity index (χ3v) is 6.39. The molecule has 0 aliphatic rings. The Morgan fingerprint density at radius 1 is 1.00 bits per heavy atom. The van der Waals surface area contributed by atoms with Crippen LogP contribution in [0.3, 0.4) is 0 Å². The Hall–Kier alpha value is -3.39. The van der Waals surface area contributed by atoms with Crippen molar-refractivity contribution in [3.63, 3.8) is 0 Å². The van der Waals surface area contributed by atoms with Crippen molar-refractivity contribution in [3.8, 4) is 11.5 Å². The molecular weight excluding hydrogens is 450 g/mol. The number of benzene rings is 2. The number of hydrazone groups is 1. The highest BCUT2D eigenvalue weighted by atomic mass is 32.1. The fourth-order valence-corrected chi connectivity index (χ4v) is 4.55. The lowest BCUT2D eigenvalue weighted by Gasteiger charge is -2.10. The highest BCUT2D eigenvalue weighted by Gasteiger charge is 2.14. The molecule has 0 saturated carbocycles. The van der Waals surface area contributed by atoms with Crippen molar-refractivity contribution < 1.29 is 19.1 Å². The molecular formula is C26H31N3O4S. The van der Waals surface area contributed by atoms with Crippen molar-refractivity contribution in [2.75, 3.05) is 20.8 Å². The number of unbranched alkanes of at least 4 members (excludes halogenated alkanes) is 3. The van der Waals surface area contributed by atoms with Crippen molar-refractivity contribution in [1.29, 1.82) is 0 Å². The van der Waals surface area contributed by atoms with Gasteiger partial charge in [-0.25, -0.2) is 5.43 Å². The fourth-order valence-electron chi connectivity index (χ4n) is 3.58. The van der Waals surface area contributed by atoms with Crippen LogP contribution in [0.4, 0.5) is 0 Å². The standard InChI is InChI=1S/C26H31N3O4S/c1-4-5-6-7-11-21(20-17-34-24-12-9-8-10-19(20)24)28-29-25(30)16-27-26(31)18-13-14-22(32-2)23(15-18)33-3/h8-10,12-15,17H,4-7,11,16H2,1-3H3,(H,27,31)(H,29,30)/b28-21-. The van der Waals surface area contributed by atoms with Crippen LogP contribution >= 0.6 is 11.3 Å². The van der Waals surface area contributed by atoms with Gasteiger partial charge in [0.05, 0.1) is 26.5 Å². The second-order valence-electron chi connectivity index (χ2n) is 7.80. The van der Waals surface area contributed by atoms with Gasteiger partial charge in [0.1, 0.15) is 0 Å². The molecule has 2 N–H and O–H groups in total. The van der Waals surface area contributed by atoms with E-state index in [0.717, 1.165) is 42.3 Å². The van der Waals surface area contributed by atoms with Crippen LogP contribution in [0.1, 0.15) is 54.9 Å². The summed E-state index contributed by atoms with van der Waals surface area (Å²) >= 11 is 1.67. The Balaban J connectivity index is 1.65. The fraction of sp³-hybridized carbons (Fsp3) is 0.346. The second-order valence-corrected chi connectivity index (χ2v) is 8.71. The summed E-state index contributed by atoms with van der Waals surface area (Å²) < 4.78 is 11.6. The molecule has 0 bridgehead atoms. The normalized spacial score (nSPS) is 11.3. The van der Waals surface area contributed by atoms with E-state index in [-0.39, 0.29) is 18.4 Å². The Morgan fingerprint density at radius 3 is 2.56 bits per heavy atom. The number of rotatable bonds is 12. The molecule has 0 atom stereocenters. The Labute approximate surface area is 204 Å². The van der Waals surface area contributed by atoms with Gasteiger partial charge < -0.3 is 14.8 Å². The predicted octanol–water partition coefficient (Wildman–Crippen LogP) is 5.14. The smallest absolute Gasteiger partial charge is 0.259 e. The molecule has 0 aliphatic heterocycles. The van der Waals surface area contributed by atoms with Crippen LogP contribution in [0.15, 0.2) is 52.9 Å². The van der Waals surface area contributed by atoms with Gasteiger partial charge in [-0.15, -0.1) is 11.3 Å². The number of hydrogen-bond donors (Lipinski definition) is 2. The number of amides is 2. The summed E-state index contributed by atoms with van der Waals surface area (Å²) in [6.07, 6.45) is 5.23. The van der Waals surface area contributed by atoms with Crippen molar-refractivity contribution in [1.82, 2.24) is 10.7 Å². The van der Waals surface area contributed by atoms with Crippen molar-refractivity contribution in [2.24, 2.45) is 5.10 Å². The number of methoxy groups -OCH3 is 2. The minimum atomic E-state index is -0.389. The summed E-state index contributed by atoms with van der Waals surface area (Å²) in [5.74, 6) is 0.196. The number of carbonyl (C=O) groups excluding carboxylic acids is 2. The first-order chi connectivity index (χ1) is 16.6. The van der Waals surface area contributed by atoms with Crippen molar-refractivity contribution in [2.45, 2.75) is 39.0 Å². The zero-order valence-electron chi connectivity index (χ0n) is 19.8. The molecule has 2 aromatic carbocycles. The first-order valence-corrected chi connectivity index (χ1v) is 12.3. The van der Waals surface area contributed by atoms with Crippen LogP contribution < -0.4 is 20.2 Å². The van der Waals surface area contributed by atoms with E-state index in [4.69, 9.17) is 9.47 Å². The van der Waals surface area contributed by atoms with E-state index >= 15 is 0 Å². The maximum Gasteiger partial charge on any atom is 0.259 e. The molecule has 0 aliphatic carbocycles. The maximum atomic E-state index is 12.5. The van der Waals surface area contributed by atoms with Gasteiger partial charge in [-0.2, -0.15) is 5.10 Å². The van der Waals surface area contributed by atoms with Crippen LogP contribution in [0, 0.1) is 0 Å². The monoisotopic (exact) mass is 481 g/mol. The summed E-state index contributed by atoms with van der Waals surface area (Å²) in [7, 11) is 3.03. The SMILES string of the molecule is CCCCCC/C(=N/NC(=O)CNC(=O)c1ccc(OC)c(OC)c1)c1csc2ccccc12. The molecule has 1 aromatic heterocycles. The van der Waals surface area contributed by atoms with E-state index < -0.39 is 0 Å². The quantitative estimate of drug-likeness (QED) is 0.213. The number of ether oxygens (including phenoxy) is 2.